The molecule has 22 heavy (non-hydrogen) atoms. The van der Waals surface area contributed by atoms with E-state index in [1.807, 2.05) is 0 Å². The molecule has 8 heteroatoms. The highest BCUT2D eigenvalue weighted by atomic mass is 35.5. The molecule has 0 aliphatic carbocycles. The zero-order valence-corrected chi connectivity index (χ0v) is 14.2. The Kier molecular flexibility index (Phi) is 9.20. The zero-order chi connectivity index (χ0) is 16.0. The molecular formula is C14H17Cl3F3NO. The standard InChI is InChI=1S/C14H16Cl2F3NO.ClH/c1-2-21-13(20)10(4-3-7-15)11-8-9(16)5-6-12(11)14(17,18)19;/h5-6,8,10,20H,2-4,7H2,1H3;1H. The van der Waals surface area contributed by atoms with Gasteiger partial charge < -0.3 is 4.74 Å². The minimum atomic E-state index is -4.51. The molecule has 1 N–H and O–H groups in total. The van der Waals surface area contributed by atoms with E-state index in [0.29, 0.717) is 18.7 Å². The van der Waals surface area contributed by atoms with Crippen LogP contribution in [0.25, 0.3) is 0 Å². The molecule has 0 amide bonds. The Morgan fingerprint density at radius 3 is 2.50 bits per heavy atom. The number of ether oxygens (including phenoxy) is 1. The highest BCUT2D eigenvalue weighted by Gasteiger charge is 2.36. The summed E-state index contributed by atoms with van der Waals surface area (Å²) in [6, 6.07) is 3.37. The van der Waals surface area contributed by atoms with E-state index in [2.05, 4.69) is 0 Å². The molecule has 2 nitrogen and oxygen atoms in total. The Morgan fingerprint density at radius 1 is 1.36 bits per heavy atom. The topological polar surface area (TPSA) is 33.1 Å². The molecule has 0 aliphatic rings. The molecule has 1 aromatic carbocycles. The summed E-state index contributed by atoms with van der Waals surface area (Å²) in [7, 11) is 0. The summed E-state index contributed by atoms with van der Waals surface area (Å²) in [5, 5.41) is 8.05. The molecule has 0 saturated heterocycles. The Hall–Kier alpha value is -0.650. The lowest BCUT2D eigenvalue weighted by atomic mass is 9.90. The van der Waals surface area contributed by atoms with Crippen LogP contribution in [0.1, 0.15) is 36.8 Å². The molecule has 126 valence electrons. The van der Waals surface area contributed by atoms with Crippen LogP contribution in [0, 0.1) is 5.41 Å². The molecule has 1 atom stereocenters. The molecule has 1 rings (SSSR count). The summed E-state index contributed by atoms with van der Waals surface area (Å²) in [6.45, 7) is 1.90. The van der Waals surface area contributed by atoms with Crippen molar-refractivity contribution < 1.29 is 17.9 Å². The third kappa shape index (κ3) is 5.86. The van der Waals surface area contributed by atoms with E-state index < -0.39 is 17.7 Å². The summed E-state index contributed by atoms with van der Waals surface area (Å²) < 4.78 is 44.5. The van der Waals surface area contributed by atoms with Crippen LogP contribution in [0.15, 0.2) is 18.2 Å². The molecule has 0 saturated carbocycles. The van der Waals surface area contributed by atoms with Gasteiger partial charge in [-0.2, -0.15) is 13.2 Å². The third-order valence-electron chi connectivity index (χ3n) is 2.94. The largest absolute Gasteiger partial charge is 0.481 e. The molecule has 0 aliphatic heterocycles. The van der Waals surface area contributed by atoms with Gasteiger partial charge in [-0.05, 0) is 43.5 Å². The smallest absolute Gasteiger partial charge is 0.416 e. The summed E-state index contributed by atoms with van der Waals surface area (Å²) in [6.07, 6.45) is -3.73. The van der Waals surface area contributed by atoms with E-state index in [9.17, 15) is 13.2 Å². The Labute approximate surface area is 143 Å². The van der Waals surface area contributed by atoms with Crippen LogP contribution in [-0.4, -0.2) is 18.4 Å². The van der Waals surface area contributed by atoms with Crippen LogP contribution in [0.3, 0.4) is 0 Å². The number of halogens is 6. The second-order valence-electron chi connectivity index (χ2n) is 4.41. The van der Waals surface area contributed by atoms with Crippen molar-refractivity contribution in [3.05, 3.63) is 34.3 Å². The minimum Gasteiger partial charge on any atom is -0.481 e. The van der Waals surface area contributed by atoms with Gasteiger partial charge in [-0.15, -0.1) is 24.0 Å². The van der Waals surface area contributed by atoms with Crippen LogP contribution in [0.5, 0.6) is 0 Å². The number of hydrogen-bond donors (Lipinski definition) is 1. The molecule has 1 unspecified atom stereocenters. The van der Waals surface area contributed by atoms with Crippen LogP contribution in [-0.2, 0) is 10.9 Å². The van der Waals surface area contributed by atoms with Gasteiger partial charge in [0.1, 0.15) is 0 Å². The Morgan fingerprint density at radius 2 is 2.00 bits per heavy atom. The monoisotopic (exact) mass is 377 g/mol. The second kappa shape index (κ2) is 9.48. The predicted octanol–water partition coefficient (Wildman–Crippen LogP) is 5.90. The van der Waals surface area contributed by atoms with Gasteiger partial charge in [0.05, 0.1) is 18.1 Å². The molecule has 0 fully saturated rings. The summed E-state index contributed by atoms with van der Waals surface area (Å²) in [5.41, 5.74) is -0.838. The maximum atomic E-state index is 13.1. The molecular weight excluding hydrogens is 362 g/mol. The lowest BCUT2D eigenvalue weighted by molar-refractivity contribution is -0.138. The fraction of sp³-hybridized carbons (Fsp3) is 0.500. The van der Waals surface area contributed by atoms with Gasteiger partial charge in [0.15, 0.2) is 5.90 Å². The first-order valence-corrected chi connectivity index (χ1v) is 7.36. The van der Waals surface area contributed by atoms with Crippen molar-refractivity contribution in [1.82, 2.24) is 0 Å². The van der Waals surface area contributed by atoms with Crippen LogP contribution in [0.4, 0.5) is 13.2 Å². The summed E-state index contributed by atoms with van der Waals surface area (Å²) >= 11 is 11.4. The second-order valence-corrected chi connectivity index (χ2v) is 5.22. The minimum absolute atomic E-state index is 0. The lowest BCUT2D eigenvalue weighted by Gasteiger charge is -2.22. The van der Waals surface area contributed by atoms with Crippen molar-refractivity contribution in [1.29, 1.82) is 5.41 Å². The SMILES string of the molecule is CCOC(=N)C(CCCCl)c1cc(Cl)ccc1C(F)(F)F.Cl. The third-order valence-corrected chi connectivity index (χ3v) is 3.44. The van der Waals surface area contributed by atoms with Crippen molar-refractivity contribution in [2.24, 2.45) is 0 Å². The maximum Gasteiger partial charge on any atom is 0.416 e. The molecule has 0 radical (unpaired) electrons. The fourth-order valence-corrected chi connectivity index (χ4v) is 2.38. The van der Waals surface area contributed by atoms with Crippen molar-refractivity contribution in [2.75, 3.05) is 12.5 Å². The Bertz CT molecular complexity index is 495. The van der Waals surface area contributed by atoms with Gasteiger partial charge in [0.2, 0.25) is 0 Å². The number of rotatable bonds is 6. The molecule has 0 bridgehead atoms. The zero-order valence-electron chi connectivity index (χ0n) is 11.8. The number of benzene rings is 1. The number of hydrogen-bond acceptors (Lipinski definition) is 2. The normalized spacial score (nSPS) is 12.5. The first-order valence-electron chi connectivity index (χ1n) is 6.45. The molecule has 0 aromatic heterocycles. The first-order chi connectivity index (χ1) is 9.81. The van der Waals surface area contributed by atoms with E-state index in [4.69, 9.17) is 33.3 Å². The van der Waals surface area contributed by atoms with Gasteiger partial charge in [-0.25, -0.2) is 0 Å². The van der Waals surface area contributed by atoms with Crippen molar-refractivity contribution in [3.8, 4) is 0 Å². The fourth-order valence-electron chi connectivity index (χ4n) is 2.05. The van der Waals surface area contributed by atoms with E-state index in [0.717, 1.165) is 6.07 Å². The van der Waals surface area contributed by atoms with Gasteiger partial charge >= 0.3 is 6.18 Å². The quantitative estimate of drug-likeness (QED) is 0.373. The van der Waals surface area contributed by atoms with E-state index in [1.165, 1.54) is 12.1 Å². The van der Waals surface area contributed by atoms with Crippen LogP contribution in [0.2, 0.25) is 5.02 Å². The van der Waals surface area contributed by atoms with Crippen LogP contribution >= 0.6 is 35.6 Å². The highest BCUT2D eigenvalue weighted by Crippen LogP contribution is 2.38. The average Bonchev–Trinajstić information content (AvgIpc) is 2.38. The molecule has 0 heterocycles. The summed E-state index contributed by atoms with van der Waals surface area (Å²) in [5.74, 6) is -0.702. The number of nitrogens with one attached hydrogen (secondary N) is 1. The average molecular weight is 379 g/mol. The van der Waals surface area contributed by atoms with Gasteiger partial charge in [0.25, 0.3) is 0 Å². The van der Waals surface area contributed by atoms with Gasteiger partial charge in [0, 0.05) is 10.9 Å². The molecule has 1 aromatic rings. The van der Waals surface area contributed by atoms with E-state index in [1.54, 1.807) is 6.92 Å². The number of alkyl halides is 4. The maximum absolute atomic E-state index is 13.1. The van der Waals surface area contributed by atoms with E-state index >= 15 is 0 Å². The van der Waals surface area contributed by atoms with Gasteiger partial charge in [-0.1, -0.05) is 11.6 Å². The molecule has 0 spiro atoms. The predicted molar refractivity (Wildman–Crippen MR) is 85.7 cm³/mol. The lowest BCUT2D eigenvalue weighted by Crippen LogP contribution is -2.20. The Balaban J connectivity index is 0.00000441. The van der Waals surface area contributed by atoms with E-state index in [-0.39, 0.29) is 35.5 Å². The van der Waals surface area contributed by atoms with Gasteiger partial charge in [-0.3, -0.25) is 5.41 Å². The van der Waals surface area contributed by atoms with Crippen molar-refractivity contribution in [3.63, 3.8) is 0 Å². The van der Waals surface area contributed by atoms with Crippen molar-refractivity contribution in [2.45, 2.75) is 31.9 Å². The van der Waals surface area contributed by atoms with Crippen molar-refractivity contribution >= 4 is 41.5 Å². The first kappa shape index (κ1) is 21.4. The highest BCUT2D eigenvalue weighted by molar-refractivity contribution is 6.30. The van der Waals surface area contributed by atoms with Crippen LogP contribution < -0.4 is 0 Å². The summed E-state index contributed by atoms with van der Waals surface area (Å²) in [4.78, 5) is 0.